The Morgan fingerprint density at radius 1 is 1.42 bits per heavy atom. The molecule has 0 aromatic carbocycles. The van der Waals surface area contributed by atoms with Crippen molar-refractivity contribution < 1.29 is 4.74 Å². The fraction of sp³-hybridized carbons (Fsp3) is 0.647. The zero-order chi connectivity index (χ0) is 14.7. The van der Waals surface area contributed by atoms with Crippen molar-refractivity contribution >= 4 is 0 Å². The van der Waals surface area contributed by atoms with E-state index in [4.69, 9.17) is 11.2 Å². The van der Waals surface area contributed by atoms with Crippen molar-refractivity contribution in [1.82, 2.24) is 4.90 Å². The van der Waals surface area contributed by atoms with Gasteiger partial charge in [-0.25, -0.2) is 0 Å². The summed E-state index contributed by atoms with van der Waals surface area (Å²) in [5.41, 5.74) is 1.23. The number of allylic oxidation sites excluding steroid dienone is 2. The van der Waals surface area contributed by atoms with Gasteiger partial charge in [0.05, 0.1) is 0 Å². The van der Waals surface area contributed by atoms with E-state index >= 15 is 0 Å². The average molecular weight is 263 g/mol. The van der Waals surface area contributed by atoms with Crippen molar-refractivity contribution in [3.05, 3.63) is 24.4 Å². The van der Waals surface area contributed by atoms with Gasteiger partial charge in [-0.1, -0.05) is 39.8 Å². The second-order valence-corrected chi connectivity index (χ2v) is 5.56. The Kier molecular flexibility index (Phi) is 8.87. The van der Waals surface area contributed by atoms with Crippen LogP contribution >= 0.6 is 0 Å². The van der Waals surface area contributed by atoms with Gasteiger partial charge >= 0.3 is 0 Å². The standard InChI is InChI=1S/C17H29NO/c1-7-10-12-16(4)18(8-2)14-11-13-17(5,6)15-19-9-3/h3,10,12H,4,7-8,11,13-15H2,1-2,5-6H3/b12-10-. The van der Waals surface area contributed by atoms with Gasteiger partial charge in [0, 0.05) is 18.8 Å². The van der Waals surface area contributed by atoms with Crippen LogP contribution < -0.4 is 0 Å². The minimum absolute atomic E-state index is 0.131. The summed E-state index contributed by atoms with van der Waals surface area (Å²) in [7, 11) is 0. The minimum atomic E-state index is 0.131. The molecule has 0 aromatic rings. The van der Waals surface area contributed by atoms with Gasteiger partial charge < -0.3 is 9.64 Å². The van der Waals surface area contributed by atoms with Crippen molar-refractivity contribution in [3.63, 3.8) is 0 Å². The first-order valence-electron chi connectivity index (χ1n) is 7.14. The molecule has 2 heteroatoms. The number of hydrogen-bond acceptors (Lipinski definition) is 2. The molecule has 0 aliphatic heterocycles. The molecule has 0 radical (unpaired) electrons. The molecular weight excluding hydrogens is 234 g/mol. The minimum Gasteiger partial charge on any atom is -0.446 e. The molecule has 0 aromatic heterocycles. The van der Waals surface area contributed by atoms with E-state index in [-0.39, 0.29) is 5.41 Å². The lowest BCUT2D eigenvalue weighted by atomic mass is 9.89. The quantitative estimate of drug-likeness (QED) is 0.432. The van der Waals surface area contributed by atoms with Gasteiger partial charge in [0.25, 0.3) is 0 Å². The highest BCUT2D eigenvalue weighted by atomic mass is 16.5. The summed E-state index contributed by atoms with van der Waals surface area (Å²) in [6.07, 6.45) is 14.9. The highest BCUT2D eigenvalue weighted by Gasteiger charge is 2.18. The molecule has 0 spiro atoms. The molecule has 0 aliphatic carbocycles. The molecule has 0 saturated carbocycles. The molecule has 0 aliphatic rings. The van der Waals surface area contributed by atoms with E-state index < -0.39 is 0 Å². The molecule has 0 saturated heterocycles. The number of ether oxygens (including phenoxy) is 1. The third-order valence-electron chi connectivity index (χ3n) is 3.16. The number of rotatable bonds is 10. The largest absolute Gasteiger partial charge is 0.446 e. The molecule has 0 N–H and O–H groups in total. The van der Waals surface area contributed by atoms with Crippen LogP contribution in [0.5, 0.6) is 0 Å². The molecule has 0 bridgehead atoms. The maximum atomic E-state index is 5.12. The maximum Gasteiger partial charge on any atom is 0.106 e. The third kappa shape index (κ3) is 8.37. The molecule has 0 atom stereocenters. The summed E-state index contributed by atoms with van der Waals surface area (Å²) in [5.74, 6) is 0. The summed E-state index contributed by atoms with van der Waals surface area (Å²) >= 11 is 0. The van der Waals surface area contributed by atoms with Crippen molar-refractivity contribution in [2.24, 2.45) is 5.41 Å². The van der Waals surface area contributed by atoms with E-state index in [9.17, 15) is 0 Å². The Morgan fingerprint density at radius 3 is 2.63 bits per heavy atom. The number of likely N-dealkylation sites (N-methyl/N-ethyl adjacent to an activating group) is 1. The molecule has 0 unspecified atom stereocenters. The van der Waals surface area contributed by atoms with Crippen LogP contribution in [-0.2, 0) is 4.74 Å². The lowest BCUT2D eigenvalue weighted by molar-refractivity contribution is 0.139. The van der Waals surface area contributed by atoms with Crippen LogP contribution in [0.25, 0.3) is 0 Å². The van der Waals surface area contributed by atoms with Crippen LogP contribution in [0, 0.1) is 17.9 Å². The monoisotopic (exact) mass is 263 g/mol. The Labute approximate surface area is 119 Å². The SMILES string of the molecule is C#COCC(C)(C)CCCN(CC)C(=C)/C=C\CC. The normalized spacial score (nSPS) is 11.3. The van der Waals surface area contributed by atoms with Gasteiger partial charge in [0.2, 0.25) is 0 Å². The molecule has 108 valence electrons. The molecular formula is C17H29NO. The van der Waals surface area contributed by atoms with E-state index in [2.05, 4.69) is 57.4 Å². The Bertz CT molecular complexity index is 323. The van der Waals surface area contributed by atoms with Crippen LogP contribution in [0.2, 0.25) is 0 Å². The van der Waals surface area contributed by atoms with Gasteiger partial charge in [-0.3, -0.25) is 0 Å². The zero-order valence-corrected chi connectivity index (χ0v) is 13.0. The van der Waals surface area contributed by atoms with E-state index in [1.165, 1.54) is 0 Å². The fourth-order valence-electron chi connectivity index (χ4n) is 1.92. The number of hydrogen-bond donors (Lipinski definition) is 0. The second kappa shape index (κ2) is 9.55. The van der Waals surface area contributed by atoms with Gasteiger partial charge in [0.1, 0.15) is 12.7 Å². The van der Waals surface area contributed by atoms with Crippen LogP contribution in [0.3, 0.4) is 0 Å². The van der Waals surface area contributed by atoms with Crippen molar-refractivity contribution in [2.45, 2.75) is 47.0 Å². The Balaban J connectivity index is 4.12. The van der Waals surface area contributed by atoms with Gasteiger partial charge in [-0.2, -0.15) is 0 Å². The highest BCUT2D eigenvalue weighted by molar-refractivity contribution is 5.12. The first-order valence-corrected chi connectivity index (χ1v) is 7.14. The summed E-state index contributed by atoms with van der Waals surface area (Å²) in [4.78, 5) is 2.31. The van der Waals surface area contributed by atoms with Crippen molar-refractivity contribution in [3.8, 4) is 12.5 Å². The van der Waals surface area contributed by atoms with Crippen LogP contribution in [0.15, 0.2) is 24.4 Å². The van der Waals surface area contributed by atoms with Crippen LogP contribution in [-0.4, -0.2) is 24.6 Å². The maximum absolute atomic E-state index is 5.12. The van der Waals surface area contributed by atoms with Crippen LogP contribution in [0.4, 0.5) is 0 Å². The molecule has 0 heterocycles. The van der Waals surface area contributed by atoms with Crippen LogP contribution in [0.1, 0.15) is 47.0 Å². The van der Waals surface area contributed by atoms with E-state index in [0.717, 1.165) is 38.0 Å². The molecule has 0 rings (SSSR count). The lowest BCUT2D eigenvalue weighted by Gasteiger charge is -2.27. The van der Waals surface area contributed by atoms with E-state index in [1.54, 1.807) is 0 Å². The molecule has 0 amide bonds. The topological polar surface area (TPSA) is 12.5 Å². The summed E-state index contributed by atoms with van der Waals surface area (Å²) in [6.45, 7) is 15.4. The third-order valence-corrected chi connectivity index (χ3v) is 3.16. The van der Waals surface area contributed by atoms with Crippen molar-refractivity contribution in [2.75, 3.05) is 19.7 Å². The zero-order valence-electron chi connectivity index (χ0n) is 13.0. The highest BCUT2D eigenvalue weighted by Crippen LogP contribution is 2.23. The Hall–Kier alpha value is -1.36. The van der Waals surface area contributed by atoms with Gasteiger partial charge in [-0.15, -0.1) is 0 Å². The van der Waals surface area contributed by atoms with Crippen molar-refractivity contribution in [1.29, 1.82) is 0 Å². The second-order valence-electron chi connectivity index (χ2n) is 5.56. The molecule has 2 nitrogen and oxygen atoms in total. The lowest BCUT2D eigenvalue weighted by Crippen LogP contribution is -2.25. The summed E-state index contributed by atoms with van der Waals surface area (Å²) in [5, 5.41) is 0. The van der Waals surface area contributed by atoms with E-state index in [1.807, 2.05) is 0 Å². The Morgan fingerprint density at radius 2 is 2.11 bits per heavy atom. The summed E-state index contributed by atoms with van der Waals surface area (Å²) < 4.78 is 5.07. The summed E-state index contributed by atoms with van der Waals surface area (Å²) in [6, 6.07) is 0. The molecule has 19 heavy (non-hydrogen) atoms. The predicted octanol–water partition coefficient (Wildman–Crippen LogP) is 4.20. The number of terminal acetylenes is 1. The van der Waals surface area contributed by atoms with Gasteiger partial charge in [-0.05, 0) is 37.7 Å². The fourth-order valence-corrected chi connectivity index (χ4v) is 1.92. The smallest absolute Gasteiger partial charge is 0.106 e. The first kappa shape index (κ1) is 17.6. The van der Waals surface area contributed by atoms with E-state index in [0.29, 0.717) is 6.61 Å². The van der Waals surface area contributed by atoms with Gasteiger partial charge in [0.15, 0.2) is 0 Å². The molecule has 0 fully saturated rings. The predicted molar refractivity (Wildman–Crippen MR) is 83.6 cm³/mol. The average Bonchev–Trinajstić information content (AvgIpc) is 2.38. The number of nitrogens with zero attached hydrogens (tertiary/aromatic N) is 1. The first-order chi connectivity index (χ1) is 8.96.